The molecule has 7 nitrogen and oxygen atoms in total. The molecule has 174 valence electrons. The van der Waals surface area contributed by atoms with Crippen LogP contribution in [0.25, 0.3) is 22.2 Å². The molecule has 0 fully saturated rings. The number of rotatable bonds is 8. The number of benzene rings is 3. The van der Waals surface area contributed by atoms with E-state index in [0.29, 0.717) is 39.4 Å². The van der Waals surface area contributed by atoms with E-state index >= 15 is 0 Å². The Bertz CT molecular complexity index is 1430. The summed E-state index contributed by atoms with van der Waals surface area (Å²) in [5, 5.41) is 13.7. The zero-order chi connectivity index (χ0) is 24.6. The van der Waals surface area contributed by atoms with Crippen molar-refractivity contribution in [1.29, 1.82) is 5.26 Å². The van der Waals surface area contributed by atoms with E-state index in [1.807, 2.05) is 67.6 Å². The highest BCUT2D eigenvalue weighted by Gasteiger charge is 2.14. The normalized spacial score (nSPS) is 10.8. The fourth-order valence-electron chi connectivity index (χ4n) is 3.52. The van der Waals surface area contributed by atoms with E-state index in [0.717, 1.165) is 16.5 Å². The molecule has 0 atom stereocenters. The van der Waals surface area contributed by atoms with Crippen LogP contribution in [0.2, 0.25) is 0 Å². The standard InChI is InChI=1S/C27H21BrN4O3/c1-2-34-25-15-18(14-22(28)26(25)35-13-12-29)17-30-32-27(33)21-16-24(19-8-4-3-5-9-19)31-23-11-7-6-10-20(21)23/h3-11,14-17H,2,13H2,1H3,(H,32,33)/b30-17+. The zero-order valence-electron chi connectivity index (χ0n) is 18.9. The lowest BCUT2D eigenvalue weighted by Gasteiger charge is -2.12. The van der Waals surface area contributed by atoms with Gasteiger partial charge in [0, 0.05) is 10.9 Å². The lowest BCUT2D eigenvalue weighted by Crippen LogP contribution is -2.18. The van der Waals surface area contributed by atoms with Gasteiger partial charge in [-0.1, -0.05) is 48.5 Å². The molecule has 3 aromatic carbocycles. The predicted octanol–water partition coefficient (Wildman–Crippen LogP) is 5.73. The minimum atomic E-state index is -0.352. The van der Waals surface area contributed by atoms with Gasteiger partial charge in [-0.2, -0.15) is 10.4 Å². The zero-order valence-corrected chi connectivity index (χ0v) is 20.5. The number of ether oxygens (including phenoxy) is 2. The molecular formula is C27H21BrN4O3. The Kier molecular flexibility index (Phi) is 7.70. The Morgan fingerprint density at radius 2 is 1.89 bits per heavy atom. The molecule has 0 bridgehead atoms. The number of amides is 1. The third-order valence-electron chi connectivity index (χ3n) is 5.02. The molecule has 0 saturated carbocycles. The molecule has 1 aromatic heterocycles. The maximum atomic E-state index is 13.1. The van der Waals surface area contributed by atoms with Crippen molar-refractivity contribution in [2.45, 2.75) is 6.92 Å². The minimum absolute atomic E-state index is 0.104. The molecular weight excluding hydrogens is 508 g/mol. The average Bonchev–Trinajstić information content (AvgIpc) is 2.88. The van der Waals surface area contributed by atoms with E-state index in [2.05, 4.69) is 26.5 Å². The summed E-state index contributed by atoms with van der Waals surface area (Å²) in [6.07, 6.45) is 1.51. The predicted molar refractivity (Wildman–Crippen MR) is 139 cm³/mol. The van der Waals surface area contributed by atoms with Crippen LogP contribution < -0.4 is 14.9 Å². The maximum absolute atomic E-state index is 13.1. The third-order valence-corrected chi connectivity index (χ3v) is 5.61. The lowest BCUT2D eigenvalue weighted by molar-refractivity contribution is 0.0956. The number of fused-ring (bicyclic) bond motifs is 1. The summed E-state index contributed by atoms with van der Waals surface area (Å²) in [6, 6.07) is 24.4. The van der Waals surface area contributed by atoms with Gasteiger partial charge in [0.05, 0.1) is 34.1 Å². The van der Waals surface area contributed by atoms with Gasteiger partial charge in [-0.05, 0) is 52.7 Å². The second-order valence-electron chi connectivity index (χ2n) is 7.35. The molecule has 0 radical (unpaired) electrons. The molecule has 35 heavy (non-hydrogen) atoms. The second-order valence-corrected chi connectivity index (χ2v) is 8.20. The van der Waals surface area contributed by atoms with E-state index in [1.165, 1.54) is 6.21 Å². The molecule has 0 aliphatic rings. The number of carbonyl (C=O) groups excluding carboxylic acids is 1. The third kappa shape index (κ3) is 5.65. The topological polar surface area (TPSA) is 96.6 Å². The van der Waals surface area contributed by atoms with Crippen molar-refractivity contribution >= 4 is 39.0 Å². The van der Waals surface area contributed by atoms with Gasteiger partial charge < -0.3 is 9.47 Å². The van der Waals surface area contributed by atoms with Crippen molar-refractivity contribution in [2.24, 2.45) is 5.10 Å². The smallest absolute Gasteiger partial charge is 0.272 e. The molecule has 0 saturated heterocycles. The Labute approximate surface area is 211 Å². The minimum Gasteiger partial charge on any atom is -0.490 e. The highest BCUT2D eigenvalue weighted by atomic mass is 79.9. The number of para-hydroxylation sites is 1. The summed E-state index contributed by atoms with van der Waals surface area (Å²) in [5.74, 6) is 0.555. The van der Waals surface area contributed by atoms with E-state index < -0.39 is 0 Å². The van der Waals surface area contributed by atoms with Crippen LogP contribution in [0.5, 0.6) is 11.5 Å². The molecule has 1 amide bonds. The van der Waals surface area contributed by atoms with Crippen molar-refractivity contribution in [1.82, 2.24) is 10.4 Å². The van der Waals surface area contributed by atoms with Crippen LogP contribution in [0.3, 0.4) is 0 Å². The number of halogens is 1. The van der Waals surface area contributed by atoms with Crippen LogP contribution in [0.4, 0.5) is 0 Å². The summed E-state index contributed by atoms with van der Waals surface area (Å²) in [7, 11) is 0. The molecule has 8 heteroatoms. The van der Waals surface area contributed by atoms with Gasteiger partial charge in [-0.25, -0.2) is 10.4 Å². The first-order chi connectivity index (χ1) is 17.1. The highest BCUT2D eigenvalue weighted by Crippen LogP contribution is 2.36. The maximum Gasteiger partial charge on any atom is 0.272 e. The summed E-state index contributed by atoms with van der Waals surface area (Å²) in [6.45, 7) is 2.17. The Morgan fingerprint density at radius 3 is 2.66 bits per heavy atom. The molecule has 4 rings (SSSR count). The summed E-state index contributed by atoms with van der Waals surface area (Å²) < 4.78 is 11.7. The first-order valence-corrected chi connectivity index (χ1v) is 11.6. The largest absolute Gasteiger partial charge is 0.490 e. The number of nitrogens with zero attached hydrogens (tertiary/aromatic N) is 3. The molecule has 0 aliphatic heterocycles. The van der Waals surface area contributed by atoms with Gasteiger partial charge >= 0.3 is 0 Å². The van der Waals surface area contributed by atoms with Crippen LogP contribution in [-0.4, -0.2) is 30.3 Å². The first kappa shape index (κ1) is 23.9. The number of aromatic nitrogens is 1. The van der Waals surface area contributed by atoms with E-state index in [1.54, 1.807) is 18.2 Å². The van der Waals surface area contributed by atoms with Gasteiger partial charge in [-0.15, -0.1) is 0 Å². The SMILES string of the molecule is CCOc1cc(/C=N/NC(=O)c2cc(-c3ccccc3)nc3ccccc23)cc(Br)c1OCC#N. The van der Waals surface area contributed by atoms with Crippen LogP contribution >= 0.6 is 15.9 Å². The molecule has 1 heterocycles. The van der Waals surface area contributed by atoms with E-state index in [4.69, 9.17) is 19.7 Å². The Morgan fingerprint density at radius 1 is 1.11 bits per heavy atom. The average molecular weight is 529 g/mol. The highest BCUT2D eigenvalue weighted by molar-refractivity contribution is 9.10. The van der Waals surface area contributed by atoms with Crippen molar-refractivity contribution < 1.29 is 14.3 Å². The van der Waals surface area contributed by atoms with Gasteiger partial charge in [0.2, 0.25) is 0 Å². The van der Waals surface area contributed by atoms with Crippen LogP contribution in [0, 0.1) is 11.3 Å². The number of nitriles is 1. The lowest BCUT2D eigenvalue weighted by atomic mass is 10.0. The number of hydrazone groups is 1. The van der Waals surface area contributed by atoms with Crippen molar-refractivity contribution in [3.05, 3.63) is 88.4 Å². The van der Waals surface area contributed by atoms with E-state index in [-0.39, 0.29) is 12.5 Å². The van der Waals surface area contributed by atoms with Gasteiger partial charge in [0.15, 0.2) is 18.1 Å². The summed E-state index contributed by atoms with van der Waals surface area (Å²) >= 11 is 3.44. The van der Waals surface area contributed by atoms with Crippen molar-refractivity contribution in [3.63, 3.8) is 0 Å². The summed E-state index contributed by atoms with van der Waals surface area (Å²) in [5.41, 5.74) is 6.11. The van der Waals surface area contributed by atoms with Crippen molar-refractivity contribution in [2.75, 3.05) is 13.2 Å². The quantitative estimate of drug-likeness (QED) is 0.232. The summed E-state index contributed by atoms with van der Waals surface area (Å²) in [4.78, 5) is 17.8. The fourth-order valence-corrected chi connectivity index (χ4v) is 4.09. The van der Waals surface area contributed by atoms with Gasteiger partial charge in [-0.3, -0.25) is 4.79 Å². The number of nitrogens with one attached hydrogen (secondary N) is 1. The van der Waals surface area contributed by atoms with Crippen molar-refractivity contribution in [3.8, 4) is 28.8 Å². The molecule has 0 unspecified atom stereocenters. The van der Waals surface area contributed by atoms with Gasteiger partial charge in [0.25, 0.3) is 5.91 Å². The first-order valence-electron chi connectivity index (χ1n) is 10.9. The van der Waals surface area contributed by atoms with Crippen LogP contribution in [0.15, 0.2) is 82.4 Å². The molecule has 1 N–H and O–H groups in total. The Balaban J connectivity index is 1.61. The van der Waals surface area contributed by atoms with Crippen LogP contribution in [0.1, 0.15) is 22.8 Å². The van der Waals surface area contributed by atoms with Gasteiger partial charge in [0.1, 0.15) is 6.07 Å². The Hall–Kier alpha value is -4.22. The molecule has 0 aliphatic carbocycles. The van der Waals surface area contributed by atoms with E-state index in [9.17, 15) is 4.79 Å². The molecule has 0 spiro atoms. The molecule has 4 aromatic rings. The number of hydrogen-bond acceptors (Lipinski definition) is 6. The monoisotopic (exact) mass is 528 g/mol. The second kappa shape index (κ2) is 11.3. The number of carbonyl (C=O) groups is 1. The number of pyridine rings is 1. The number of hydrogen-bond donors (Lipinski definition) is 1. The fraction of sp³-hybridized carbons (Fsp3) is 0.111. The van der Waals surface area contributed by atoms with Crippen LogP contribution in [-0.2, 0) is 0 Å².